The molecule has 0 aliphatic heterocycles. The van der Waals surface area contributed by atoms with Gasteiger partial charge in [0, 0.05) is 6.20 Å². The predicted molar refractivity (Wildman–Crippen MR) is 85.8 cm³/mol. The van der Waals surface area contributed by atoms with Crippen molar-refractivity contribution in [1.82, 2.24) is 4.98 Å². The van der Waals surface area contributed by atoms with E-state index in [9.17, 15) is 4.79 Å². The Morgan fingerprint density at radius 1 is 1.36 bits per heavy atom. The van der Waals surface area contributed by atoms with Crippen LogP contribution in [0.2, 0.25) is 5.02 Å². The molecule has 0 radical (unpaired) electrons. The van der Waals surface area contributed by atoms with E-state index in [0.29, 0.717) is 29.6 Å². The largest absolute Gasteiger partial charge is 0.481 e. The van der Waals surface area contributed by atoms with Gasteiger partial charge in [0.05, 0.1) is 37.0 Å². The fraction of sp³-hybridized carbons (Fsp3) is 0.467. The summed E-state index contributed by atoms with van der Waals surface area (Å²) in [6.07, 6.45) is 1.46. The summed E-state index contributed by atoms with van der Waals surface area (Å²) < 4.78 is 10.2. The highest BCUT2D eigenvalue weighted by molar-refractivity contribution is 6.30. The Morgan fingerprint density at radius 2 is 2.05 bits per heavy atom. The number of nitrogens with two attached hydrogens (primary N) is 1. The number of aromatic nitrogens is 1. The van der Waals surface area contributed by atoms with Gasteiger partial charge in [-0.2, -0.15) is 0 Å². The summed E-state index contributed by atoms with van der Waals surface area (Å²) in [4.78, 5) is 14.2. The van der Waals surface area contributed by atoms with Crippen LogP contribution in [-0.4, -0.2) is 42.5 Å². The van der Waals surface area contributed by atoms with E-state index < -0.39 is 5.97 Å². The minimum Gasteiger partial charge on any atom is -0.481 e. The fourth-order valence-electron chi connectivity index (χ4n) is 1.18. The quantitative estimate of drug-likeness (QED) is 0.588. The molecule has 0 aliphatic rings. The molecule has 3 N–H and O–H groups in total. The van der Waals surface area contributed by atoms with Crippen LogP contribution in [0.25, 0.3) is 0 Å². The van der Waals surface area contributed by atoms with E-state index in [2.05, 4.69) is 16.8 Å². The van der Waals surface area contributed by atoms with Crippen LogP contribution in [-0.2, 0) is 14.3 Å². The molecule has 1 heterocycles. The third-order valence-electron chi connectivity index (χ3n) is 2.10. The van der Waals surface area contributed by atoms with Crippen molar-refractivity contribution in [3.8, 4) is 11.8 Å². The van der Waals surface area contributed by atoms with Gasteiger partial charge in [-0.05, 0) is 12.0 Å². The van der Waals surface area contributed by atoms with Crippen molar-refractivity contribution in [2.75, 3.05) is 32.2 Å². The first-order valence-electron chi connectivity index (χ1n) is 6.87. The smallest absolute Gasteiger partial charge is 0.305 e. The van der Waals surface area contributed by atoms with Gasteiger partial charge in [-0.1, -0.05) is 31.4 Å². The lowest BCUT2D eigenvalue weighted by molar-refractivity contribution is -0.138. The molecule has 0 amide bonds. The van der Waals surface area contributed by atoms with E-state index >= 15 is 0 Å². The molecule has 0 unspecified atom stereocenters. The summed E-state index contributed by atoms with van der Waals surface area (Å²) >= 11 is 5.71. The molecule has 0 aromatic carbocycles. The molecule has 7 heteroatoms. The number of hydrogen-bond acceptors (Lipinski definition) is 5. The summed E-state index contributed by atoms with van der Waals surface area (Å²) in [6.45, 7) is 5.07. The van der Waals surface area contributed by atoms with Gasteiger partial charge in [0.1, 0.15) is 12.3 Å². The third-order valence-corrected chi connectivity index (χ3v) is 2.30. The highest BCUT2D eigenvalue weighted by atomic mass is 35.5. The van der Waals surface area contributed by atoms with Gasteiger partial charge < -0.3 is 20.3 Å². The maximum absolute atomic E-state index is 10.2. The molecule has 1 aromatic heterocycles. The number of carboxylic acid groups (broad SMARTS) is 1. The Hall–Kier alpha value is -1.81. The molecule has 0 spiro atoms. The number of ether oxygens (including phenoxy) is 2. The number of carbonyl (C=O) groups is 1. The Kier molecular flexibility index (Phi) is 11.8. The van der Waals surface area contributed by atoms with Crippen molar-refractivity contribution in [3.63, 3.8) is 0 Å². The molecule has 0 saturated heterocycles. The van der Waals surface area contributed by atoms with E-state index in [4.69, 9.17) is 31.9 Å². The van der Waals surface area contributed by atoms with E-state index in [0.717, 1.165) is 0 Å². The van der Waals surface area contributed by atoms with Crippen molar-refractivity contribution in [1.29, 1.82) is 0 Å². The number of carboxylic acids is 1. The number of rotatable bonds is 7. The zero-order valence-corrected chi connectivity index (χ0v) is 13.5. The SMILES string of the molecule is CC.Nc1cc(Cl)cnc1C#CCOCCOCCC(=O)O. The number of nitrogens with zero attached hydrogens (tertiary/aromatic N) is 1. The molecule has 1 aromatic rings. The minimum absolute atomic E-state index is 0.0126. The van der Waals surface area contributed by atoms with Crippen molar-refractivity contribution in [2.45, 2.75) is 20.3 Å². The van der Waals surface area contributed by atoms with Crippen LogP contribution in [0.1, 0.15) is 26.0 Å². The van der Waals surface area contributed by atoms with E-state index in [1.165, 1.54) is 6.20 Å². The molecule has 0 saturated carbocycles. The normalized spacial score (nSPS) is 9.23. The van der Waals surface area contributed by atoms with Crippen LogP contribution in [0.5, 0.6) is 0 Å². The van der Waals surface area contributed by atoms with E-state index in [1.54, 1.807) is 6.07 Å². The maximum atomic E-state index is 10.2. The number of nitrogen functional groups attached to an aromatic ring is 1. The van der Waals surface area contributed by atoms with Crippen molar-refractivity contribution in [2.24, 2.45) is 0 Å². The topological polar surface area (TPSA) is 94.7 Å². The second-order valence-electron chi connectivity index (χ2n) is 3.70. The van der Waals surface area contributed by atoms with Gasteiger partial charge in [0.25, 0.3) is 0 Å². The number of hydrogen-bond donors (Lipinski definition) is 2. The van der Waals surface area contributed by atoms with Gasteiger partial charge in [-0.25, -0.2) is 4.98 Å². The zero-order chi connectivity index (χ0) is 16.8. The highest BCUT2D eigenvalue weighted by Gasteiger charge is 1.97. The van der Waals surface area contributed by atoms with Crippen LogP contribution < -0.4 is 5.73 Å². The van der Waals surface area contributed by atoms with Crippen LogP contribution >= 0.6 is 11.6 Å². The van der Waals surface area contributed by atoms with Crippen molar-refractivity contribution >= 4 is 23.3 Å². The monoisotopic (exact) mass is 328 g/mol. The molecule has 0 aliphatic carbocycles. The molecule has 122 valence electrons. The van der Waals surface area contributed by atoms with E-state index in [1.807, 2.05) is 13.8 Å². The third kappa shape index (κ3) is 10.00. The number of anilines is 1. The van der Waals surface area contributed by atoms with Crippen LogP contribution in [0.15, 0.2) is 12.3 Å². The lowest BCUT2D eigenvalue weighted by Crippen LogP contribution is -2.08. The maximum Gasteiger partial charge on any atom is 0.305 e. The zero-order valence-electron chi connectivity index (χ0n) is 12.8. The molecule has 0 fully saturated rings. The standard InChI is InChI=1S/C13H15ClN2O4.C2H6/c14-10-8-11(15)12(16-9-10)2-1-4-19-6-7-20-5-3-13(17)18;1-2/h8-9H,3-7,15H2,(H,17,18);1-2H3. The predicted octanol–water partition coefficient (Wildman–Crippen LogP) is 2.20. The van der Waals surface area contributed by atoms with Crippen LogP contribution in [0.4, 0.5) is 5.69 Å². The highest BCUT2D eigenvalue weighted by Crippen LogP contribution is 2.13. The summed E-state index contributed by atoms with van der Waals surface area (Å²) in [7, 11) is 0. The van der Waals surface area contributed by atoms with Crippen molar-refractivity contribution < 1.29 is 19.4 Å². The van der Waals surface area contributed by atoms with Gasteiger partial charge in [-0.15, -0.1) is 0 Å². The summed E-state index contributed by atoms with van der Waals surface area (Å²) in [5, 5.41) is 8.84. The average Bonchev–Trinajstić information content (AvgIpc) is 2.49. The number of pyridine rings is 1. The fourth-order valence-corrected chi connectivity index (χ4v) is 1.35. The first-order valence-corrected chi connectivity index (χ1v) is 7.24. The van der Waals surface area contributed by atoms with Crippen LogP contribution in [0, 0.1) is 11.8 Å². The Morgan fingerprint density at radius 3 is 2.68 bits per heavy atom. The first-order chi connectivity index (χ1) is 10.6. The lowest BCUT2D eigenvalue weighted by Gasteiger charge is -2.01. The molecule has 22 heavy (non-hydrogen) atoms. The second-order valence-corrected chi connectivity index (χ2v) is 4.14. The molecule has 6 nitrogen and oxygen atoms in total. The average molecular weight is 329 g/mol. The summed E-state index contributed by atoms with van der Waals surface area (Å²) in [6, 6.07) is 1.58. The van der Waals surface area contributed by atoms with Crippen LogP contribution in [0.3, 0.4) is 0 Å². The molecular formula is C15H21ClN2O4. The number of aliphatic carboxylic acids is 1. The molecule has 0 bridgehead atoms. The summed E-state index contributed by atoms with van der Waals surface area (Å²) in [5.41, 5.74) is 6.56. The number of halogens is 1. The lowest BCUT2D eigenvalue weighted by atomic mass is 10.3. The second kappa shape index (κ2) is 12.9. The molecular weight excluding hydrogens is 308 g/mol. The van der Waals surface area contributed by atoms with Gasteiger partial charge in [-0.3, -0.25) is 4.79 Å². The van der Waals surface area contributed by atoms with Gasteiger partial charge >= 0.3 is 5.97 Å². The Balaban J connectivity index is 0.00000211. The van der Waals surface area contributed by atoms with E-state index in [-0.39, 0.29) is 19.6 Å². The molecule has 1 rings (SSSR count). The summed E-state index contributed by atoms with van der Waals surface area (Å²) in [5.74, 6) is 4.65. The first kappa shape index (κ1) is 20.2. The van der Waals surface area contributed by atoms with Gasteiger partial charge in [0.2, 0.25) is 0 Å². The van der Waals surface area contributed by atoms with Crippen molar-refractivity contribution in [3.05, 3.63) is 23.0 Å². The molecule has 0 atom stereocenters. The minimum atomic E-state index is -0.884. The van der Waals surface area contributed by atoms with Gasteiger partial charge in [0.15, 0.2) is 0 Å². The Labute approximate surface area is 135 Å². The Bertz CT molecular complexity index is 512.